The Morgan fingerprint density at radius 2 is 1.00 bits per heavy atom. The third-order valence-electron chi connectivity index (χ3n) is 18.6. The number of carbonyl (C=O) groups is 3. The molecule has 4 aromatic heterocycles. The molecule has 6 atom stereocenters. The van der Waals surface area contributed by atoms with Gasteiger partial charge in [0.15, 0.2) is 28.7 Å². The van der Waals surface area contributed by atoms with Crippen LogP contribution in [0.25, 0.3) is 22.3 Å². The standard InChI is InChI=1S/C75H80N10O8S2/c1-51-26-30-62(31-27-51)94(89,90)84-36-34-66-72(84)77-44-70(79-66)76-43-68(86)64-41-61(38-52(64)2)82(48-57-22-14-9-15-23-57)49-59-25-17-16-24-58(59)40-54-28-32-63(33-29-54)95(91,92)85-37-35-67-73(85)78-45-71(80-67)83(74(88)93-75(4,5)6)50-69(87)65-42-60(39-53(65)3)81(46-55-18-10-7-11-19-55)47-56-20-12-8-13-21-56/h7-37,44-45,52-53,60-61,64-65H,38-43,46-50H2,1-6H3,(H,76,79). The first-order chi connectivity index (χ1) is 45.6. The number of aryl methyl sites for hydroxylation is 1. The van der Waals surface area contributed by atoms with E-state index in [-0.39, 0.29) is 92.8 Å². The van der Waals surface area contributed by atoms with E-state index in [2.05, 4.69) is 92.4 Å². The molecule has 0 radical (unpaired) electrons. The van der Waals surface area contributed by atoms with E-state index in [4.69, 9.17) is 9.72 Å². The number of rotatable bonds is 24. The minimum Gasteiger partial charge on any atom is -0.443 e. The van der Waals surface area contributed by atoms with Crippen LogP contribution in [0.3, 0.4) is 0 Å². The summed E-state index contributed by atoms with van der Waals surface area (Å²) >= 11 is 0. The third kappa shape index (κ3) is 15.2. The molecule has 1 amide bonds. The second-order valence-electron chi connectivity index (χ2n) is 26.6. The number of nitrogens with zero attached hydrogens (tertiary/aromatic N) is 9. The van der Waals surface area contributed by atoms with Crippen LogP contribution in [-0.2, 0) is 67.0 Å². The van der Waals surface area contributed by atoms with Gasteiger partial charge in [0.2, 0.25) is 0 Å². The number of hydrogen-bond donors (Lipinski definition) is 1. The van der Waals surface area contributed by atoms with Gasteiger partial charge in [0, 0.05) is 62.5 Å². The monoisotopic (exact) mass is 1310 g/mol. The summed E-state index contributed by atoms with van der Waals surface area (Å²) in [6, 6.07) is 56.1. The highest BCUT2D eigenvalue weighted by molar-refractivity contribution is 7.90. The van der Waals surface area contributed by atoms with E-state index < -0.39 is 31.7 Å². The number of carbonyl (C=O) groups excluding carboxylic acids is 3. The van der Waals surface area contributed by atoms with Crippen molar-refractivity contribution >= 4 is 71.7 Å². The second-order valence-corrected chi connectivity index (χ2v) is 30.2. The molecule has 95 heavy (non-hydrogen) atoms. The van der Waals surface area contributed by atoms with E-state index in [1.165, 1.54) is 46.9 Å². The summed E-state index contributed by atoms with van der Waals surface area (Å²) in [5.74, 6) is -0.0313. The maximum Gasteiger partial charge on any atom is 0.416 e. The molecule has 1 N–H and O–H groups in total. The Bertz CT molecular complexity index is 4560. The summed E-state index contributed by atoms with van der Waals surface area (Å²) in [7, 11) is -8.11. The van der Waals surface area contributed by atoms with Gasteiger partial charge in [-0.2, -0.15) is 0 Å². The number of anilines is 2. The van der Waals surface area contributed by atoms with Crippen LogP contribution < -0.4 is 10.2 Å². The molecule has 4 heterocycles. The highest BCUT2D eigenvalue weighted by Crippen LogP contribution is 2.39. The lowest BCUT2D eigenvalue weighted by Crippen LogP contribution is -2.42. The van der Waals surface area contributed by atoms with Crippen molar-refractivity contribution in [1.29, 1.82) is 0 Å². The second kappa shape index (κ2) is 28.0. The topological polar surface area (TPSA) is 212 Å². The summed E-state index contributed by atoms with van der Waals surface area (Å²) in [4.78, 5) is 67.6. The van der Waals surface area contributed by atoms with E-state index >= 15 is 0 Å². The first-order valence-corrected chi connectivity index (χ1v) is 35.3. The Balaban J connectivity index is 0.710. The Morgan fingerprint density at radius 1 is 0.537 bits per heavy atom. The van der Waals surface area contributed by atoms with E-state index in [1.54, 1.807) is 63.2 Å². The first kappa shape index (κ1) is 65.8. The fourth-order valence-corrected chi connectivity index (χ4v) is 16.1. The molecule has 0 aliphatic heterocycles. The maximum atomic E-state index is 14.6. The van der Waals surface area contributed by atoms with Gasteiger partial charge in [-0.1, -0.05) is 159 Å². The van der Waals surface area contributed by atoms with Crippen LogP contribution in [0, 0.1) is 30.6 Å². The van der Waals surface area contributed by atoms with Crippen LogP contribution in [0.2, 0.25) is 0 Å². The number of amides is 1. The molecular weight excluding hydrogens is 1230 g/mol. The summed E-state index contributed by atoms with van der Waals surface area (Å²) in [5.41, 5.74) is 7.54. The molecule has 2 saturated carbocycles. The minimum absolute atomic E-state index is 0.0376. The third-order valence-corrected chi connectivity index (χ3v) is 21.9. The van der Waals surface area contributed by atoms with Crippen LogP contribution in [0.5, 0.6) is 0 Å². The maximum absolute atomic E-state index is 14.6. The number of nitrogens with one attached hydrogen (secondary N) is 1. The molecule has 0 saturated heterocycles. The fourth-order valence-electron chi connectivity index (χ4n) is 13.6. The van der Waals surface area contributed by atoms with Gasteiger partial charge in [-0.3, -0.25) is 24.3 Å². The molecule has 12 rings (SSSR count). The highest BCUT2D eigenvalue weighted by Gasteiger charge is 2.41. The lowest BCUT2D eigenvalue weighted by molar-refractivity contribution is -0.123. The van der Waals surface area contributed by atoms with Crippen LogP contribution in [0.15, 0.2) is 211 Å². The Hall–Kier alpha value is -9.21. The number of aromatic nitrogens is 6. The van der Waals surface area contributed by atoms with E-state index in [0.717, 1.165) is 61.7 Å². The SMILES string of the molecule is Cc1ccc(S(=O)(=O)n2ccc3nc(NCC(=O)C4CC(N(Cc5ccccc5)Cc5ccccc5Cc5ccc(S(=O)(=O)n6ccc7nc(N(CC(=O)C8CC(N(Cc9ccccc9)Cc9ccccc9)CC8C)C(=O)OC(C)(C)C)cnc76)cc5)CC4C)cnc32)cc1. The van der Waals surface area contributed by atoms with Gasteiger partial charge in [-0.25, -0.2) is 49.5 Å². The van der Waals surface area contributed by atoms with Crippen molar-refractivity contribution in [1.82, 2.24) is 37.7 Å². The number of ether oxygens (including phenoxy) is 1. The van der Waals surface area contributed by atoms with Crippen LogP contribution in [-0.4, -0.2) is 103 Å². The molecule has 2 aliphatic carbocycles. The fraction of sp³-hybridized carbons (Fsp3) is 0.320. The first-order valence-electron chi connectivity index (χ1n) is 32.4. The van der Waals surface area contributed by atoms with Gasteiger partial charge in [-0.15, -0.1) is 0 Å². The number of ketones is 2. The summed E-state index contributed by atoms with van der Waals surface area (Å²) in [6.45, 7) is 13.9. The molecule has 2 fully saturated rings. The summed E-state index contributed by atoms with van der Waals surface area (Å²) < 4.78 is 64.2. The lowest BCUT2D eigenvalue weighted by Gasteiger charge is -2.30. The van der Waals surface area contributed by atoms with E-state index in [1.807, 2.05) is 85.8 Å². The molecule has 20 heteroatoms. The van der Waals surface area contributed by atoms with E-state index in [0.29, 0.717) is 43.7 Å². The summed E-state index contributed by atoms with van der Waals surface area (Å²) in [6.07, 6.45) is 8.30. The number of Topliss-reactive ketones (excluding diaryl/α,β-unsaturated/α-hetero) is 2. The zero-order chi connectivity index (χ0) is 66.6. The largest absolute Gasteiger partial charge is 0.443 e. The Kier molecular flexibility index (Phi) is 19.4. The van der Waals surface area contributed by atoms with Crippen molar-refractivity contribution in [2.24, 2.45) is 23.7 Å². The van der Waals surface area contributed by atoms with Crippen molar-refractivity contribution < 1.29 is 36.0 Å². The van der Waals surface area contributed by atoms with Crippen molar-refractivity contribution in [3.8, 4) is 0 Å². The molecular formula is C75H80N10O8S2. The predicted molar refractivity (Wildman–Crippen MR) is 368 cm³/mol. The summed E-state index contributed by atoms with van der Waals surface area (Å²) in [5, 5.41) is 3.18. The zero-order valence-corrected chi connectivity index (χ0v) is 56.0. The highest BCUT2D eigenvalue weighted by atomic mass is 32.2. The number of hydrogen-bond acceptors (Lipinski definition) is 15. The molecule has 10 aromatic rings. The van der Waals surface area contributed by atoms with Crippen molar-refractivity contribution in [3.05, 3.63) is 240 Å². The zero-order valence-electron chi connectivity index (χ0n) is 54.4. The van der Waals surface area contributed by atoms with Gasteiger partial charge < -0.3 is 10.1 Å². The number of benzene rings is 6. The molecule has 0 spiro atoms. The molecule has 6 aromatic carbocycles. The quantitative estimate of drug-likeness (QED) is 0.0596. The smallest absolute Gasteiger partial charge is 0.416 e. The van der Waals surface area contributed by atoms with Crippen molar-refractivity contribution in [2.45, 2.75) is 127 Å². The van der Waals surface area contributed by atoms with Crippen molar-refractivity contribution in [3.63, 3.8) is 0 Å². The van der Waals surface area contributed by atoms with E-state index in [9.17, 15) is 31.2 Å². The molecule has 490 valence electrons. The molecule has 18 nitrogen and oxygen atoms in total. The molecule has 2 aliphatic rings. The molecule has 0 bridgehead atoms. The Labute approximate surface area is 556 Å². The normalized spacial score (nSPS) is 18.4. The van der Waals surface area contributed by atoms with Gasteiger partial charge in [0.05, 0.1) is 35.3 Å². The van der Waals surface area contributed by atoms with Crippen LogP contribution >= 0.6 is 0 Å². The minimum atomic E-state index is -4.20. The van der Waals surface area contributed by atoms with Gasteiger partial charge in [0.25, 0.3) is 20.0 Å². The van der Waals surface area contributed by atoms with Crippen LogP contribution in [0.4, 0.5) is 16.4 Å². The van der Waals surface area contributed by atoms with Gasteiger partial charge >= 0.3 is 6.09 Å². The van der Waals surface area contributed by atoms with Gasteiger partial charge in [-0.05, 0) is 141 Å². The lowest BCUT2D eigenvalue weighted by atomic mass is 9.93. The van der Waals surface area contributed by atoms with Crippen LogP contribution in [0.1, 0.15) is 99.2 Å². The van der Waals surface area contributed by atoms with Gasteiger partial charge in [0.1, 0.15) is 22.5 Å². The average molecular weight is 1310 g/mol. The average Bonchev–Trinajstić information content (AvgIpc) is 1.75. The molecule has 6 unspecified atom stereocenters. The Morgan fingerprint density at radius 3 is 1.53 bits per heavy atom. The van der Waals surface area contributed by atoms with Crippen molar-refractivity contribution in [2.75, 3.05) is 23.3 Å². The number of fused-ring (bicyclic) bond motifs is 2. The predicted octanol–water partition coefficient (Wildman–Crippen LogP) is 13.1.